The van der Waals surface area contributed by atoms with Crippen LogP contribution in [0, 0.1) is 17.2 Å². The summed E-state index contributed by atoms with van der Waals surface area (Å²) in [5.41, 5.74) is -3.78. The fraction of sp³-hybridized carbons (Fsp3) is 0.458. The van der Waals surface area contributed by atoms with Gasteiger partial charge in [0.05, 0.1) is 22.6 Å². The molecule has 1 unspecified atom stereocenters. The van der Waals surface area contributed by atoms with E-state index in [9.17, 15) is 31.6 Å². The van der Waals surface area contributed by atoms with Crippen molar-refractivity contribution in [3.63, 3.8) is 0 Å². The van der Waals surface area contributed by atoms with Gasteiger partial charge in [0.2, 0.25) is 0 Å². The van der Waals surface area contributed by atoms with Crippen molar-refractivity contribution in [2.75, 3.05) is 13.6 Å². The largest absolute Gasteiger partial charge is 0.417 e. The zero-order chi connectivity index (χ0) is 24.2. The van der Waals surface area contributed by atoms with Gasteiger partial charge < -0.3 is 4.90 Å². The van der Waals surface area contributed by atoms with Gasteiger partial charge in [0.25, 0.3) is 0 Å². The Labute approximate surface area is 184 Å². The maximum Gasteiger partial charge on any atom is 0.417 e. The van der Waals surface area contributed by atoms with Crippen LogP contribution in [0.15, 0.2) is 48.5 Å². The van der Waals surface area contributed by atoms with Gasteiger partial charge in [0, 0.05) is 6.54 Å². The normalized spacial score (nSPS) is 14.4. The van der Waals surface area contributed by atoms with Gasteiger partial charge in [-0.1, -0.05) is 50.2 Å². The Morgan fingerprint density at radius 1 is 0.906 bits per heavy atom. The lowest BCUT2D eigenvalue weighted by Gasteiger charge is -2.33. The monoisotopic (exact) mass is 456 g/mol. The number of nitrogens with zero attached hydrogens (tertiary/aromatic N) is 2. The molecule has 0 aromatic heterocycles. The molecule has 8 heteroatoms. The van der Waals surface area contributed by atoms with Gasteiger partial charge in [-0.3, -0.25) is 0 Å². The Balaban J connectivity index is 2.30. The molecule has 2 aromatic carbocycles. The Bertz CT molecular complexity index is 928. The molecule has 2 rings (SSSR count). The summed E-state index contributed by atoms with van der Waals surface area (Å²) in [7, 11) is 1.90. The highest BCUT2D eigenvalue weighted by Crippen LogP contribution is 2.44. The molecule has 0 spiro atoms. The molecule has 0 heterocycles. The van der Waals surface area contributed by atoms with E-state index < -0.39 is 34.8 Å². The lowest BCUT2D eigenvalue weighted by molar-refractivity contribution is -0.162. The van der Waals surface area contributed by atoms with Gasteiger partial charge in [0.1, 0.15) is 0 Å². The smallest absolute Gasteiger partial charge is 0.302 e. The van der Waals surface area contributed by atoms with E-state index in [0.29, 0.717) is 31.6 Å². The first-order valence-corrected chi connectivity index (χ1v) is 10.2. The van der Waals surface area contributed by atoms with E-state index in [-0.39, 0.29) is 12.0 Å². The van der Waals surface area contributed by atoms with Crippen LogP contribution in [0.3, 0.4) is 0 Å². The first-order chi connectivity index (χ1) is 14.8. The predicted octanol–water partition coefficient (Wildman–Crippen LogP) is 7.05. The summed E-state index contributed by atoms with van der Waals surface area (Å²) in [6, 6.07) is 13.8. The number of hydrogen-bond acceptors (Lipinski definition) is 2. The van der Waals surface area contributed by atoms with Crippen molar-refractivity contribution in [1.29, 1.82) is 5.26 Å². The minimum atomic E-state index is -5.19. The van der Waals surface area contributed by atoms with Crippen LogP contribution in [0.5, 0.6) is 0 Å². The van der Waals surface area contributed by atoms with Crippen LogP contribution in [-0.2, 0) is 24.3 Å². The third-order valence-corrected chi connectivity index (χ3v) is 5.74. The molecule has 0 bridgehead atoms. The average molecular weight is 456 g/mol. The van der Waals surface area contributed by atoms with Gasteiger partial charge in [-0.25, -0.2) is 0 Å². The van der Waals surface area contributed by atoms with Crippen molar-refractivity contribution in [3.05, 3.63) is 70.8 Å². The molecule has 0 saturated heterocycles. The van der Waals surface area contributed by atoms with E-state index in [1.165, 1.54) is 0 Å². The molecule has 174 valence electrons. The van der Waals surface area contributed by atoms with E-state index in [0.717, 1.165) is 11.6 Å². The van der Waals surface area contributed by atoms with Crippen molar-refractivity contribution in [1.82, 2.24) is 4.90 Å². The Hall–Kier alpha value is -2.53. The van der Waals surface area contributed by atoms with E-state index in [4.69, 9.17) is 0 Å². The van der Waals surface area contributed by atoms with Crippen LogP contribution in [0.1, 0.15) is 48.9 Å². The molecule has 1 atom stereocenters. The quantitative estimate of drug-likeness (QED) is 0.398. The number of nitriles is 1. The van der Waals surface area contributed by atoms with Crippen LogP contribution in [0.2, 0.25) is 0 Å². The van der Waals surface area contributed by atoms with Crippen LogP contribution >= 0.6 is 0 Å². The lowest BCUT2D eigenvalue weighted by Crippen LogP contribution is -2.33. The van der Waals surface area contributed by atoms with Crippen molar-refractivity contribution in [3.8, 4) is 6.07 Å². The van der Waals surface area contributed by atoms with E-state index in [1.807, 2.05) is 42.3 Å². The number of rotatable bonds is 8. The standard InChI is InChI=1S/C24H26F6N2/c1-17(2)22(16-31,12-7-13-32(3)15-18-8-5-4-6-9-18)19-10-11-20(23(25,26)27)21(14-19)24(28,29)30/h4-6,8-11,14,17H,7,12-13,15H2,1-3H3. The zero-order valence-corrected chi connectivity index (χ0v) is 18.2. The average Bonchev–Trinajstić information content (AvgIpc) is 2.70. The van der Waals surface area contributed by atoms with Crippen LogP contribution in [-0.4, -0.2) is 18.5 Å². The second-order valence-electron chi connectivity index (χ2n) is 8.32. The summed E-state index contributed by atoms with van der Waals surface area (Å²) in [4.78, 5) is 2.03. The van der Waals surface area contributed by atoms with Crippen molar-refractivity contribution < 1.29 is 26.3 Å². The van der Waals surface area contributed by atoms with Crippen LogP contribution < -0.4 is 0 Å². The SMILES string of the molecule is CC(C)C(C#N)(CCCN(C)Cc1ccccc1)c1ccc(C(F)(F)F)c(C(F)(F)F)c1. The minimum Gasteiger partial charge on any atom is -0.302 e. The second-order valence-corrected chi connectivity index (χ2v) is 8.32. The van der Waals surface area contributed by atoms with Crippen molar-refractivity contribution >= 4 is 0 Å². The van der Waals surface area contributed by atoms with Crippen molar-refractivity contribution in [2.45, 2.75) is 51.0 Å². The third-order valence-electron chi connectivity index (χ3n) is 5.74. The maximum atomic E-state index is 13.4. The summed E-state index contributed by atoms with van der Waals surface area (Å²) in [6.07, 6.45) is -9.61. The molecule has 0 amide bonds. The van der Waals surface area contributed by atoms with Gasteiger partial charge in [-0.05, 0) is 55.6 Å². The molecule has 0 radical (unpaired) electrons. The molecule has 0 aliphatic carbocycles. The summed E-state index contributed by atoms with van der Waals surface area (Å²) in [5.74, 6) is -0.398. The highest BCUT2D eigenvalue weighted by atomic mass is 19.4. The summed E-state index contributed by atoms with van der Waals surface area (Å²) >= 11 is 0. The van der Waals surface area contributed by atoms with Gasteiger partial charge in [-0.2, -0.15) is 31.6 Å². The second kappa shape index (κ2) is 9.95. The first kappa shape index (κ1) is 25.7. The molecule has 0 aliphatic heterocycles. The third kappa shape index (κ3) is 6.04. The number of halogens is 6. The fourth-order valence-electron chi connectivity index (χ4n) is 3.92. The molecular weight excluding hydrogens is 430 g/mol. The Morgan fingerprint density at radius 3 is 2.00 bits per heavy atom. The summed E-state index contributed by atoms with van der Waals surface area (Å²) in [5, 5.41) is 9.96. The zero-order valence-electron chi connectivity index (χ0n) is 18.2. The van der Waals surface area contributed by atoms with Crippen molar-refractivity contribution in [2.24, 2.45) is 5.92 Å². The van der Waals surface area contributed by atoms with Crippen LogP contribution in [0.25, 0.3) is 0 Å². The summed E-state index contributed by atoms with van der Waals surface area (Å²) in [6.45, 7) is 4.64. The van der Waals surface area contributed by atoms with Crippen LogP contribution in [0.4, 0.5) is 26.3 Å². The summed E-state index contributed by atoms with van der Waals surface area (Å²) < 4.78 is 79.7. The highest BCUT2D eigenvalue weighted by Gasteiger charge is 2.45. The maximum absolute atomic E-state index is 13.4. The van der Waals surface area contributed by atoms with Gasteiger partial charge >= 0.3 is 12.4 Å². The minimum absolute atomic E-state index is 0.0407. The predicted molar refractivity (Wildman–Crippen MR) is 111 cm³/mol. The molecule has 2 aromatic rings. The molecule has 0 fully saturated rings. The molecule has 0 aliphatic rings. The number of hydrogen-bond donors (Lipinski definition) is 0. The first-order valence-electron chi connectivity index (χ1n) is 10.2. The molecular formula is C24H26F6N2. The Kier molecular flexibility index (Phi) is 8.00. The fourth-order valence-corrected chi connectivity index (χ4v) is 3.92. The molecule has 32 heavy (non-hydrogen) atoms. The number of benzene rings is 2. The molecule has 0 N–H and O–H groups in total. The van der Waals surface area contributed by atoms with E-state index in [2.05, 4.69) is 6.07 Å². The highest BCUT2D eigenvalue weighted by molar-refractivity contribution is 5.42. The molecule has 0 saturated carbocycles. The lowest BCUT2D eigenvalue weighted by atomic mass is 9.69. The van der Waals surface area contributed by atoms with Gasteiger partial charge in [0.15, 0.2) is 0 Å². The van der Waals surface area contributed by atoms with E-state index >= 15 is 0 Å². The van der Waals surface area contributed by atoms with Gasteiger partial charge in [-0.15, -0.1) is 0 Å². The van der Waals surface area contributed by atoms with E-state index in [1.54, 1.807) is 13.8 Å². The number of alkyl halides is 6. The molecule has 2 nitrogen and oxygen atoms in total. The Morgan fingerprint density at radius 2 is 1.50 bits per heavy atom. The topological polar surface area (TPSA) is 27.0 Å².